The Morgan fingerprint density at radius 1 is 1.47 bits per heavy atom. The molecule has 0 spiro atoms. The molecule has 0 bridgehead atoms. The van der Waals surface area contributed by atoms with Crippen LogP contribution in [0, 0.1) is 6.92 Å². The van der Waals surface area contributed by atoms with Crippen molar-refractivity contribution in [3.8, 4) is 0 Å². The van der Waals surface area contributed by atoms with E-state index in [4.69, 9.17) is 10.8 Å². The summed E-state index contributed by atoms with van der Waals surface area (Å²) in [6.45, 7) is 1.76. The summed E-state index contributed by atoms with van der Waals surface area (Å²) in [6, 6.07) is -0.424. The Labute approximate surface area is 109 Å². The number of nitrogens with one attached hydrogen (secondary N) is 2. The van der Waals surface area contributed by atoms with Crippen molar-refractivity contribution in [2.45, 2.75) is 19.4 Å². The van der Waals surface area contributed by atoms with Crippen LogP contribution in [0.4, 0.5) is 10.5 Å². The number of carboxylic acid groups (broad SMARTS) is 1. The molecule has 0 radical (unpaired) electrons. The second-order valence-corrected chi connectivity index (χ2v) is 3.85. The molecule has 1 rings (SSSR count). The molecule has 0 saturated carbocycles. The number of carboxylic acids is 1. The van der Waals surface area contributed by atoms with Gasteiger partial charge in [0.15, 0.2) is 0 Å². The predicted octanol–water partition coefficient (Wildman–Crippen LogP) is -0.160. The van der Waals surface area contributed by atoms with Crippen molar-refractivity contribution in [2.75, 3.05) is 5.32 Å². The standard InChI is InChI=1S/C11H14N4O4/c1-6-2-3-13-5-8(6)15-11(19)14-7(10(17)18)4-9(12)16/h2-3,5,7H,4H2,1H3,(H2,12,16)(H,17,18)(H2,14,15,19). The highest BCUT2D eigenvalue weighted by Crippen LogP contribution is 2.10. The number of primary amides is 1. The van der Waals surface area contributed by atoms with Gasteiger partial charge in [0.25, 0.3) is 0 Å². The lowest BCUT2D eigenvalue weighted by Crippen LogP contribution is -2.45. The number of nitrogens with zero attached hydrogens (tertiary/aromatic N) is 1. The molecule has 1 unspecified atom stereocenters. The molecule has 0 aliphatic heterocycles. The van der Waals surface area contributed by atoms with Crippen LogP contribution in [0.15, 0.2) is 18.5 Å². The maximum Gasteiger partial charge on any atom is 0.326 e. The van der Waals surface area contributed by atoms with Crippen molar-refractivity contribution < 1.29 is 19.5 Å². The molecule has 0 aliphatic rings. The van der Waals surface area contributed by atoms with E-state index in [0.717, 1.165) is 5.56 Å². The monoisotopic (exact) mass is 266 g/mol. The minimum Gasteiger partial charge on any atom is -0.480 e. The van der Waals surface area contributed by atoms with Gasteiger partial charge in [-0.25, -0.2) is 9.59 Å². The molecule has 19 heavy (non-hydrogen) atoms. The Morgan fingerprint density at radius 2 is 2.16 bits per heavy atom. The van der Waals surface area contributed by atoms with E-state index in [-0.39, 0.29) is 0 Å². The lowest BCUT2D eigenvalue weighted by Gasteiger charge is -2.14. The topological polar surface area (TPSA) is 134 Å². The number of aromatic nitrogens is 1. The van der Waals surface area contributed by atoms with Crippen LogP contribution < -0.4 is 16.4 Å². The maximum atomic E-state index is 11.6. The highest BCUT2D eigenvalue weighted by Gasteiger charge is 2.22. The molecule has 1 aromatic heterocycles. The quantitative estimate of drug-likeness (QED) is 0.587. The fraction of sp³-hybridized carbons (Fsp3) is 0.273. The first-order valence-corrected chi connectivity index (χ1v) is 5.39. The SMILES string of the molecule is Cc1ccncc1NC(=O)NC(CC(N)=O)C(=O)O. The lowest BCUT2D eigenvalue weighted by molar-refractivity contribution is -0.140. The number of amides is 3. The summed E-state index contributed by atoms with van der Waals surface area (Å²) < 4.78 is 0. The van der Waals surface area contributed by atoms with E-state index >= 15 is 0 Å². The van der Waals surface area contributed by atoms with Gasteiger partial charge in [0.05, 0.1) is 18.3 Å². The lowest BCUT2D eigenvalue weighted by atomic mass is 10.2. The normalized spacial score (nSPS) is 11.4. The van der Waals surface area contributed by atoms with Crippen molar-refractivity contribution in [3.63, 3.8) is 0 Å². The number of nitrogens with two attached hydrogens (primary N) is 1. The first-order chi connectivity index (χ1) is 8.90. The molecular weight excluding hydrogens is 252 g/mol. The fourth-order valence-corrected chi connectivity index (χ4v) is 1.31. The summed E-state index contributed by atoms with van der Waals surface area (Å²) in [4.78, 5) is 36.9. The summed E-state index contributed by atoms with van der Waals surface area (Å²) in [5.41, 5.74) is 6.12. The van der Waals surface area contributed by atoms with Crippen LogP contribution in [0.1, 0.15) is 12.0 Å². The summed E-state index contributed by atoms with van der Waals surface area (Å²) in [7, 11) is 0. The van der Waals surface area contributed by atoms with Gasteiger partial charge in [-0.05, 0) is 18.6 Å². The number of urea groups is 1. The van der Waals surface area contributed by atoms with E-state index in [1.807, 2.05) is 0 Å². The minimum atomic E-state index is -1.37. The largest absolute Gasteiger partial charge is 0.480 e. The molecule has 8 nitrogen and oxygen atoms in total. The van der Waals surface area contributed by atoms with Crippen molar-refractivity contribution in [3.05, 3.63) is 24.0 Å². The Bertz CT molecular complexity index is 503. The van der Waals surface area contributed by atoms with Gasteiger partial charge in [-0.3, -0.25) is 9.78 Å². The van der Waals surface area contributed by atoms with Gasteiger partial charge in [-0.2, -0.15) is 0 Å². The third-order valence-corrected chi connectivity index (χ3v) is 2.30. The van der Waals surface area contributed by atoms with Crippen LogP contribution in [-0.2, 0) is 9.59 Å². The van der Waals surface area contributed by atoms with Crippen molar-refractivity contribution in [2.24, 2.45) is 5.73 Å². The number of carbonyl (C=O) groups excluding carboxylic acids is 2. The van der Waals surface area contributed by atoms with Gasteiger partial charge in [-0.15, -0.1) is 0 Å². The van der Waals surface area contributed by atoms with E-state index in [1.165, 1.54) is 6.20 Å². The number of aliphatic carboxylic acids is 1. The van der Waals surface area contributed by atoms with Gasteiger partial charge in [0, 0.05) is 6.20 Å². The molecule has 8 heteroatoms. The van der Waals surface area contributed by atoms with E-state index in [9.17, 15) is 14.4 Å². The molecule has 1 heterocycles. The minimum absolute atomic E-state index is 0.447. The van der Waals surface area contributed by atoms with E-state index in [2.05, 4.69) is 15.6 Å². The Balaban J connectivity index is 2.65. The molecule has 0 aliphatic carbocycles. The van der Waals surface area contributed by atoms with E-state index in [0.29, 0.717) is 5.69 Å². The molecule has 3 amide bonds. The molecule has 5 N–H and O–H groups in total. The fourth-order valence-electron chi connectivity index (χ4n) is 1.31. The maximum absolute atomic E-state index is 11.6. The van der Waals surface area contributed by atoms with Crippen LogP contribution in [0.2, 0.25) is 0 Å². The van der Waals surface area contributed by atoms with Gasteiger partial charge < -0.3 is 21.5 Å². The zero-order valence-electron chi connectivity index (χ0n) is 10.2. The molecule has 0 fully saturated rings. The number of rotatable bonds is 5. The first-order valence-electron chi connectivity index (χ1n) is 5.39. The van der Waals surface area contributed by atoms with Crippen molar-refractivity contribution in [1.29, 1.82) is 0 Å². The van der Waals surface area contributed by atoms with Crippen LogP contribution in [0.25, 0.3) is 0 Å². The summed E-state index contributed by atoms with van der Waals surface area (Å²) >= 11 is 0. The van der Waals surface area contributed by atoms with Crippen LogP contribution in [0.5, 0.6) is 0 Å². The molecule has 0 saturated heterocycles. The summed E-state index contributed by atoms with van der Waals surface area (Å²) in [5, 5.41) is 13.4. The number of hydrogen-bond donors (Lipinski definition) is 4. The van der Waals surface area contributed by atoms with Crippen molar-refractivity contribution >= 4 is 23.6 Å². The van der Waals surface area contributed by atoms with Crippen molar-refractivity contribution in [1.82, 2.24) is 10.3 Å². The molecule has 1 aromatic rings. The molecule has 102 valence electrons. The third kappa shape index (κ3) is 4.62. The zero-order chi connectivity index (χ0) is 14.4. The van der Waals surface area contributed by atoms with Gasteiger partial charge in [-0.1, -0.05) is 0 Å². The smallest absolute Gasteiger partial charge is 0.326 e. The number of pyridine rings is 1. The van der Waals surface area contributed by atoms with Crippen LogP contribution in [0.3, 0.4) is 0 Å². The van der Waals surface area contributed by atoms with Crippen LogP contribution in [-0.4, -0.2) is 34.0 Å². The second kappa shape index (κ2) is 6.34. The van der Waals surface area contributed by atoms with Gasteiger partial charge >= 0.3 is 12.0 Å². The van der Waals surface area contributed by atoms with Gasteiger partial charge in [0.2, 0.25) is 5.91 Å². The molecule has 1 atom stereocenters. The summed E-state index contributed by atoms with van der Waals surface area (Å²) in [5.74, 6) is -2.15. The zero-order valence-corrected chi connectivity index (χ0v) is 10.2. The van der Waals surface area contributed by atoms with Crippen LogP contribution >= 0.6 is 0 Å². The highest BCUT2D eigenvalue weighted by atomic mass is 16.4. The van der Waals surface area contributed by atoms with Gasteiger partial charge in [0.1, 0.15) is 6.04 Å². The number of carbonyl (C=O) groups is 3. The Morgan fingerprint density at radius 3 is 2.68 bits per heavy atom. The highest BCUT2D eigenvalue weighted by molar-refractivity contribution is 5.94. The number of hydrogen-bond acceptors (Lipinski definition) is 4. The Hall–Kier alpha value is -2.64. The molecule has 0 aromatic carbocycles. The average Bonchev–Trinajstić information content (AvgIpc) is 2.30. The number of aryl methyl sites for hydroxylation is 1. The predicted molar refractivity (Wildman–Crippen MR) is 66.4 cm³/mol. The first kappa shape index (κ1) is 14.4. The molecular formula is C11H14N4O4. The third-order valence-electron chi connectivity index (χ3n) is 2.30. The number of anilines is 1. The average molecular weight is 266 g/mol. The Kier molecular flexibility index (Phi) is 4.81. The second-order valence-electron chi connectivity index (χ2n) is 3.85. The van der Waals surface area contributed by atoms with E-state index in [1.54, 1.807) is 19.2 Å². The van der Waals surface area contributed by atoms with E-state index < -0.39 is 30.4 Å². The summed E-state index contributed by atoms with van der Waals surface area (Å²) in [6.07, 6.45) is 2.51.